The first-order valence-electron chi connectivity index (χ1n) is 1.78. The Kier molecular flexibility index (Phi) is 6.56. The zero-order valence-electron chi connectivity index (χ0n) is 4.57. The fourth-order valence-corrected chi connectivity index (χ4v) is 0. The third kappa shape index (κ3) is 15700. The molecule has 6 heteroatoms. The molecular weight excluding hydrogens is 188 g/mol. The highest BCUT2D eigenvalue weighted by atomic mass is 35.6. The van der Waals surface area contributed by atoms with Gasteiger partial charge >= 0.3 is 6.09 Å². The van der Waals surface area contributed by atoms with Crippen molar-refractivity contribution in [1.29, 1.82) is 0 Å². The second-order valence-electron chi connectivity index (χ2n) is 1.12. The van der Waals surface area contributed by atoms with Crippen LogP contribution in [0.25, 0.3) is 0 Å². The molecule has 1 amide bonds. The van der Waals surface area contributed by atoms with E-state index in [1.54, 1.807) is 0 Å². The molecule has 0 aliphatic rings. The van der Waals surface area contributed by atoms with E-state index in [4.69, 9.17) is 44.7 Å². The van der Waals surface area contributed by atoms with Crippen LogP contribution in [-0.4, -0.2) is 15.0 Å². The lowest BCUT2D eigenvalue weighted by Crippen LogP contribution is -2.03. The van der Waals surface area contributed by atoms with Gasteiger partial charge in [0, 0.05) is 0 Å². The quantitative estimate of drug-likeness (QED) is 0.579. The largest absolute Gasteiger partial charge is 0.465 e. The molecule has 9 heavy (non-hydrogen) atoms. The summed E-state index contributed by atoms with van der Waals surface area (Å²) in [4.78, 5) is 8.78. The highest BCUT2D eigenvalue weighted by Crippen LogP contribution is 2.23. The number of hydrogen-bond donors (Lipinski definition) is 2. The van der Waals surface area contributed by atoms with Gasteiger partial charge in [-0.05, 0) is 6.92 Å². The van der Waals surface area contributed by atoms with Gasteiger partial charge in [-0.3, -0.25) is 0 Å². The van der Waals surface area contributed by atoms with E-state index in [1.165, 1.54) is 6.92 Å². The van der Waals surface area contributed by atoms with Crippen molar-refractivity contribution in [2.45, 2.75) is 10.7 Å². The van der Waals surface area contributed by atoms with E-state index in [0.717, 1.165) is 0 Å². The van der Waals surface area contributed by atoms with Crippen LogP contribution in [0.4, 0.5) is 4.79 Å². The summed E-state index contributed by atoms with van der Waals surface area (Å²) in [5.41, 5.74) is 4.03. The first kappa shape index (κ1) is 11.9. The average molecular weight is 194 g/mol. The monoisotopic (exact) mass is 193 g/mol. The molecular formula is C3H6Cl3NO2. The predicted octanol–water partition coefficient (Wildman–Crippen LogP) is 2.00. The number of carbonyl (C=O) groups is 1. The van der Waals surface area contributed by atoms with Gasteiger partial charge < -0.3 is 10.8 Å². The molecule has 0 bridgehead atoms. The van der Waals surface area contributed by atoms with Crippen LogP contribution in [0, 0.1) is 0 Å². The molecule has 0 aromatic rings. The molecule has 0 saturated carbocycles. The highest BCUT2D eigenvalue weighted by Gasteiger charge is 2.07. The van der Waals surface area contributed by atoms with Gasteiger partial charge in [-0.2, -0.15) is 0 Å². The maximum Gasteiger partial charge on any atom is 0.402 e. The van der Waals surface area contributed by atoms with Gasteiger partial charge in [0.2, 0.25) is 0 Å². The molecule has 3 nitrogen and oxygen atoms in total. The molecule has 0 atom stereocenters. The average Bonchev–Trinajstić information content (AvgIpc) is 1.19. The highest BCUT2D eigenvalue weighted by molar-refractivity contribution is 6.67. The van der Waals surface area contributed by atoms with E-state index in [-0.39, 0.29) is 0 Å². The van der Waals surface area contributed by atoms with Gasteiger partial charge in [-0.1, -0.05) is 34.8 Å². The molecule has 0 saturated heterocycles. The molecule has 0 aliphatic carbocycles. The molecule has 0 fully saturated rings. The maximum absolute atomic E-state index is 8.78. The minimum Gasteiger partial charge on any atom is -0.465 e. The number of hydrogen-bond acceptors (Lipinski definition) is 1. The Bertz CT molecular complexity index is 79.5. The van der Waals surface area contributed by atoms with Gasteiger partial charge in [0.1, 0.15) is 0 Å². The third-order valence-corrected chi connectivity index (χ3v) is 0. The number of amides is 1. The number of alkyl halides is 3. The van der Waals surface area contributed by atoms with Gasteiger partial charge in [0.25, 0.3) is 0 Å². The minimum atomic E-state index is -1.33. The number of nitrogens with two attached hydrogens (primary N) is 1. The lowest BCUT2D eigenvalue weighted by Gasteiger charge is -1.94. The molecule has 0 aromatic carbocycles. The van der Waals surface area contributed by atoms with Crippen molar-refractivity contribution in [2.75, 3.05) is 0 Å². The second-order valence-corrected chi connectivity index (χ2v) is 3.97. The molecule has 0 aliphatic heterocycles. The molecule has 0 unspecified atom stereocenters. The van der Waals surface area contributed by atoms with Crippen molar-refractivity contribution < 1.29 is 9.90 Å². The standard InChI is InChI=1S/C2H3Cl3.CH3NO2/c1-2(3,4)5;2-1(3)4/h1H3;2H2,(H,3,4). The second kappa shape index (κ2) is 4.97. The van der Waals surface area contributed by atoms with E-state index in [2.05, 4.69) is 5.73 Å². The zero-order chi connectivity index (χ0) is 8.08. The Balaban J connectivity index is 0. The number of rotatable bonds is 0. The first-order valence-corrected chi connectivity index (χ1v) is 2.92. The molecule has 0 spiro atoms. The third-order valence-electron chi connectivity index (χ3n) is 0. The topological polar surface area (TPSA) is 63.3 Å². The molecule has 3 N–H and O–H groups in total. The van der Waals surface area contributed by atoms with Gasteiger partial charge in [0.15, 0.2) is 3.79 Å². The summed E-state index contributed by atoms with van der Waals surface area (Å²) in [7, 11) is 0. The fourth-order valence-electron chi connectivity index (χ4n) is 0. The summed E-state index contributed by atoms with van der Waals surface area (Å²) >= 11 is 15.2. The number of carboxylic acid groups (broad SMARTS) is 1. The van der Waals surface area contributed by atoms with Crippen molar-refractivity contribution in [2.24, 2.45) is 5.73 Å². The van der Waals surface area contributed by atoms with E-state index in [0.29, 0.717) is 0 Å². The maximum atomic E-state index is 8.78. The van der Waals surface area contributed by atoms with Crippen LogP contribution in [0.3, 0.4) is 0 Å². The molecule has 56 valence electrons. The van der Waals surface area contributed by atoms with E-state index < -0.39 is 9.89 Å². The normalized spacial score (nSPS) is 9.33. The van der Waals surface area contributed by atoms with Crippen molar-refractivity contribution in [3.05, 3.63) is 0 Å². The van der Waals surface area contributed by atoms with Crippen LogP contribution in [0.5, 0.6) is 0 Å². The van der Waals surface area contributed by atoms with Gasteiger partial charge in [-0.25, -0.2) is 4.79 Å². The fraction of sp³-hybridized carbons (Fsp3) is 0.667. The summed E-state index contributed by atoms with van der Waals surface area (Å²) in [6, 6.07) is 0. The smallest absolute Gasteiger partial charge is 0.402 e. The van der Waals surface area contributed by atoms with Crippen molar-refractivity contribution in [3.63, 3.8) is 0 Å². The summed E-state index contributed by atoms with van der Waals surface area (Å²) in [6.45, 7) is 1.48. The van der Waals surface area contributed by atoms with Crippen LogP contribution >= 0.6 is 34.8 Å². The molecule has 0 rings (SSSR count). The zero-order valence-corrected chi connectivity index (χ0v) is 6.83. The van der Waals surface area contributed by atoms with Gasteiger partial charge in [-0.15, -0.1) is 0 Å². The van der Waals surface area contributed by atoms with Crippen LogP contribution < -0.4 is 5.73 Å². The first-order chi connectivity index (χ1) is 3.73. The van der Waals surface area contributed by atoms with Crippen LogP contribution in [-0.2, 0) is 0 Å². The lowest BCUT2D eigenvalue weighted by atomic mass is 10.9. The van der Waals surface area contributed by atoms with E-state index in [1.807, 2.05) is 0 Å². The summed E-state index contributed by atoms with van der Waals surface area (Å²) in [5, 5.41) is 7.19. The van der Waals surface area contributed by atoms with Crippen molar-refractivity contribution >= 4 is 40.9 Å². The Morgan fingerprint density at radius 1 is 1.56 bits per heavy atom. The summed E-state index contributed by atoms with van der Waals surface area (Å²) in [5.74, 6) is 0. The number of halogens is 3. The summed E-state index contributed by atoms with van der Waals surface area (Å²) in [6.07, 6.45) is -1.33. The van der Waals surface area contributed by atoms with Crippen molar-refractivity contribution in [1.82, 2.24) is 0 Å². The van der Waals surface area contributed by atoms with Crippen LogP contribution in [0.15, 0.2) is 0 Å². The van der Waals surface area contributed by atoms with Crippen molar-refractivity contribution in [3.8, 4) is 0 Å². The Hall–Kier alpha value is 0.140. The van der Waals surface area contributed by atoms with E-state index >= 15 is 0 Å². The Morgan fingerprint density at radius 3 is 1.56 bits per heavy atom. The SMILES string of the molecule is CC(Cl)(Cl)Cl.NC(=O)O. The molecule has 0 radical (unpaired) electrons. The van der Waals surface area contributed by atoms with Gasteiger partial charge in [0.05, 0.1) is 0 Å². The minimum absolute atomic E-state index is 1.08. The number of primary amides is 1. The predicted molar refractivity (Wildman–Crippen MR) is 38.2 cm³/mol. The van der Waals surface area contributed by atoms with Crippen LogP contribution in [0.1, 0.15) is 6.92 Å². The lowest BCUT2D eigenvalue weighted by molar-refractivity contribution is 0.205. The Labute approximate surface area is 67.7 Å². The Morgan fingerprint density at radius 2 is 1.56 bits per heavy atom. The molecule has 0 aromatic heterocycles. The van der Waals surface area contributed by atoms with E-state index in [9.17, 15) is 0 Å². The molecule has 0 heterocycles. The van der Waals surface area contributed by atoms with Crippen LogP contribution in [0.2, 0.25) is 0 Å². The summed E-state index contributed by atoms with van der Waals surface area (Å²) < 4.78 is -1.08.